The summed E-state index contributed by atoms with van der Waals surface area (Å²) in [5.74, 6) is 6.42. The highest BCUT2D eigenvalue weighted by Gasteiger charge is 2.12. The van der Waals surface area contributed by atoms with E-state index in [4.69, 9.17) is 26.9 Å². The van der Waals surface area contributed by atoms with Crippen LogP contribution >= 0.6 is 11.6 Å². The number of hydrogen-bond acceptors (Lipinski definition) is 4. The van der Waals surface area contributed by atoms with Crippen LogP contribution in [-0.4, -0.2) is 26.4 Å². The fourth-order valence-corrected chi connectivity index (χ4v) is 2.08. The molecule has 0 heterocycles. The van der Waals surface area contributed by atoms with Crippen molar-refractivity contribution in [1.29, 1.82) is 0 Å². The molecule has 0 amide bonds. The standard InChI is InChI=1S/C14H23ClN2O2/c1-3-7-19-8-6-13(17-16)10-11-9-12(15)4-5-14(11)18-2/h4-5,9,13,17H,3,6-8,10,16H2,1-2H3. The van der Waals surface area contributed by atoms with Crippen LogP contribution in [0.4, 0.5) is 0 Å². The molecule has 1 aromatic carbocycles. The van der Waals surface area contributed by atoms with Gasteiger partial charge >= 0.3 is 0 Å². The van der Waals surface area contributed by atoms with E-state index in [-0.39, 0.29) is 6.04 Å². The number of rotatable bonds is 9. The molecule has 1 rings (SSSR count). The Hall–Kier alpha value is -0.810. The van der Waals surface area contributed by atoms with Crippen LogP contribution in [0.25, 0.3) is 0 Å². The summed E-state index contributed by atoms with van der Waals surface area (Å²) in [7, 11) is 1.65. The normalized spacial score (nSPS) is 12.4. The van der Waals surface area contributed by atoms with Gasteiger partial charge in [0.25, 0.3) is 0 Å². The molecule has 0 fully saturated rings. The average Bonchev–Trinajstić information content (AvgIpc) is 2.42. The number of ether oxygens (including phenoxy) is 2. The summed E-state index contributed by atoms with van der Waals surface area (Å²) in [6.45, 7) is 3.58. The van der Waals surface area contributed by atoms with Crippen LogP contribution in [0.1, 0.15) is 25.3 Å². The molecule has 0 radical (unpaired) electrons. The van der Waals surface area contributed by atoms with Gasteiger partial charge in [0, 0.05) is 24.3 Å². The summed E-state index contributed by atoms with van der Waals surface area (Å²) in [5, 5.41) is 0.703. The summed E-state index contributed by atoms with van der Waals surface area (Å²) < 4.78 is 10.8. The number of hydrazine groups is 1. The van der Waals surface area contributed by atoms with Gasteiger partial charge in [0.2, 0.25) is 0 Å². The van der Waals surface area contributed by atoms with E-state index < -0.39 is 0 Å². The SMILES string of the molecule is CCCOCCC(Cc1cc(Cl)ccc1OC)NN. The van der Waals surface area contributed by atoms with Gasteiger partial charge in [-0.15, -0.1) is 0 Å². The Morgan fingerprint density at radius 2 is 2.16 bits per heavy atom. The molecule has 0 aliphatic rings. The third-order valence-corrected chi connectivity index (χ3v) is 3.14. The molecule has 0 bridgehead atoms. The Labute approximate surface area is 120 Å². The zero-order valence-corrected chi connectivity index (χ0v) is 12.4. The minimum atomic E-state index is 0.143. The topological polar surface area (TPSA) is 56.5 Å². The van der Waals surface area contributed by atoms with E-state index in [1.807, 2.05) is 18.2 Å². The molecule has 0 saturated heterocycles. The number of halogens is 1. The van der Waals surface area contributed by atoms with Crippen molar-refractivity contribution in [3.63, 3.8) is 0 Å². The van der Waals surface area contributed by atoms with E-state index in [0.29, 0.717) is 11.6 Å². The lowest BCUT2D eigenvalue weighted by atomic mass is 10.0. The van der Waals surface area contributed by atoms with Crippen molar-refractivity contribution >= 4 is 11.6 Å². The molecule has 3 N–H and O–H groups in total. The van der Waals surface area contributed by atoms with Crippen LogP contribution in [-0.2, 0) is 11.2 Å². The lowest BCUT2D eigenvalue weighted by Gasteiger charge is -2.17. The Morgan fingerprint density at radius 3 is 2.79 bits per heavy atom. The number of hydrogen-bond donors (Lipinski definition) is 2. The van der Waals surface area contributed by atoms with Gasteiger partial charge in [0.15, 0.2) is 0 Å². The predicted octanol–water partition coefficient (Wildman–Crippen LogP) is 2.54. The molecule has 0 aliphatic heterocycles. The van der Waals surface area contributed by atoms with Crippen molar-refractivity contribution in [2.45, 2.75) is 32.2 Å². The molecule has 5 heteroatoms. The van der Waals surface area contributed by atoms with Crippen LogP contribution in [0.15, 0.2) is 18.2 Å². The van der Waals surface area contributed by atoms with E-state index in [0.717, 1.165) is 37.2 Å². The fourth-order valence-electron chi connectivity index (χ4n) is 1.89. The summed E-state index contributed by atoms with van der Waals surface area (Å²) in [6, 6.07) is 5.75. The average molecular weight is 287 g/mol. The van der Waals surface area contributed by atoms with Gasteiger partial charge in [0.05, 0.1) is 7.11 Å². The molecule has 1 unspecified atom stereocenters. The maximum Gasteiger partial charge on any atom is 0.122 e. The summed E-state index contributed by atoms with van der Waals surface area (Å²) >= 11 is 6.01. The van der Waals surface area contributed by atoms with Crippen molar-refractivity contribution in [3.05, 3.63) is 28.8 Å². The van der Waals surface area contributed by atoms with Crippen molar-refractivity contribution in [2.24, 2.45) is 5.84 Å². The molecule has 0 aromatic heterocycles. The van der Waals surface area contributed by atoms with Crippen LogP contribution in [0.5, 0.6) is 5.75 Å². The number of nitrogens with two attached hydrogens (primary N) is 1. The molecule has 0 spiro atoms. The van der Waals surface area contributed by atoms with Crippen molar-refractivity contribution in [3.8, 4) is 5.75 Å². The van der Waals surface area contributed by atoms with Crippen LogP contribution in [0, 0.1) is 0 Å². The predicted molar refractivity (Wildman–Crippen MR) is 78.5 cm³/mol. The number of nitrogens with one attached hydrogen (secondary N) is 1. The minimum Gasteiger partial charge on any atom is -0.496 e. The van der Waals surface area contributed by atoms with Crippen LogP contribution in [0.3, 0.4) is 0 Å². The molecule has 19 heavy (non-hydrogen) atoms. The first-order valence-electron chi connectivity index (χ1n) is 6.57. The molecule has 1 aromatic rings. The maximum atomic E-state index is 6.01. The third-order valence-electron chi connectivity index (χ3n) is 2.90. The van der Waals surface area contributed by atoms with Gasteiger partial charge in [-0.25, -0.2) is 0 Å². The third kappa shape index (κ3) is 5.78. The first-order chi connectivity index (χ1) is 9.21. The van der Waals surface area contributed by atoms with E-state index in [2.05, 4.69) is 12.3 Å². The second-order valence-corrected chi connectivity index (χ2v) is 4.86. The number of methoxy groups -OCH3 is 1. The van der Waals surface area contributed by atoms with Gasteiger partial charge in [-0.3, -0.25) is 11.3 Å². The van der Waals surface area contributed by atoms with Gasteiger partial charge in [-0.1, -0.05) is 18.5 Å². The Bertz CT molecular complexity index is 374. The van der Waals surface area contributed by atoms with E-state index >= 15 is 0 Å². The minimum absolute atomic E-state index is 0.143. The highest BCUT2D eigenvalue weighted by Crippen LogP contribution is 2.24. The maximum absolute atomic E-state index is 6.01. The van der Waals surface area contributed by atoms with Gasteiger partial charge in [-0.05, 0) is 43.0 Å². The zero-order chi connectivity index (χ0) is 14.1. The highest BCUT2D eigenvalue weighted by atomic mass is 35.5. The Kier molecular flexibility index (Phi) is 7.82. The lowest BCUT2D eigenvalue weighted by molar-refractivity contribution is 0.124. The molecule has 1 atom stereocenters. The smallest absolute Gasteiger partial charge is 0.122 e. The zero-order valence-electron chi connectivity index (χ0n) is 11.6. The van der Waals surface area contributed by atoms with Crippen LogP contribution in [0.2, 0.25) is 5.02 Å². The largest absolute Gasteiger partial charge is 0.496 e. The molecular weight excluding hydrogens is 264 g/mol. The van der Waals surface area contributed by atoms with E-state index in [1.165, 1.54) is 0 Å². The summed E-state index contributed by atoms with van der Waals surface area (Å²) in [4.78, 5) is 0. The Balaban J connectivity index is 2.56. The number of benzene rings is 1. The molecule has 108 valence electrons. The quantitative estimate of drug-likeness (QED) is 0.416. The van der Waals surface area contributed by atoms with Crippen molar-refractivity contribution < 1.29 is 9.47 Å². The fraction of sp³-hybridized carbons (Fsp3) is 0.571. The second kappa shape index (κ2) is 9.15. The van der Waals surface area contributed by atoms with E-state index in [9.17, 15) is 0 Å². The molecule has 0 aliphatic carbocycles. The summed E-state index contributed by atoms with van der Waals surface area (Å²) in [5.41, 5.74) is 3.87. The van der Waals surface area contributed by atoms with Gasteiger partial charge in [0.1, 0.15) is 5.75 Å². The molecule has 4 nitrogen and oxygen atoms in total. The van der Waals surface area contributed by atoms with Gasteiger partial charge < -0.3 is 9.47 Å². The first kappa shape index (κ1) is 16.2. The highest BCUT2D eigenvalue weighted by molar-refractivity contribution is 6.30. The van der Waals surface area contributed by atoms with Crippen molar-refractivity contribution in [1.82, 2.24) is 5.43 Å². The molecule has 0 saturated carbocycles. The Morgan fingerprint density at radius 1 is 1.37 bits per heavy atom. The van der Waals surface area contributed by atoms with Crippen LogP contribution < -0.4 is 16.0 Å². The first-order valence-corrected chi connectivity index (χ1v) is 6.95. The monoisotopic (exact) mass is 286 g/mol. The second-order valence-electron chi connectivity index (χ2n) is 4.42. The lowest BCUT2D eigenvalue weighted by Crippen LogP contribution is -2.37. The summed E-state index contributed by atoms with van der Waals surface area (Å²) in [6.07, 6.45) is 2.64. The van der Waals surface area contributed by atoms with Gasteiger partial charge in [-0.2, -0.15) is 0 Å². The van der Waals surface area contributed by atoms with Crippen molar-refractivity contribution in [2.75, 3.05) is 20.3 Å². The van der Waals surface area contributed by atoms with E-state index in [1.54, 1.807) is 7.11 Å². The molecular formula is C14H23ClN2O2.